The zero-order valence-corrected chi connectivity index (χ0v) is 20.0. The maximum Gasteiger partial charge on any atom is 0.204 e. The molecular weight excluding hydrogens is 444 g/mol. The van der Waals surface area contributed by atoms with Gasteiger partial charge in [0, 0.05) is 17.3 Å². The van der Waals surface area contributed by atoms with E-state index in [2.05, 4.69) is 11.8 Å². The Kier molecular flexibility index (Phi) is 6.78. The second-order valence-electron chi connectivity index (χ2n) is 8.02. The summed E-state index contributed by atoms with van der Waals surface area (Å²) >= 11 is 5.87. The van der Waals surface area contributed by atoms with E-state index in [9.17, 15) is 8.42 Å². The molecule has 0 saturated carbocycles. The number of rotatable bonds is 8. The first-order valence-corrected chi connectivity index (χ1v) is 13.0. The van der Waals surface area contributed by atoms with E-state index < -0.39 is 9.84 Å². The molecule has 1 atom stereocenters. The highest BCUT2D eigenvalue weighted by atomic mass is 32.2. The van der Waals surface area contributed by atoms with Gasteiger partial charge in [0.05, 0.1) is 25.3 Å². The van der Waals surface area contributed by atoms with Crippen LogP contribution in [-0.4, -0.2) is 58.9 Å². The molecule has 4 rings (SSSR count). The van der Waals surface area contributed by atoms with Crippen molar-refractivity contribution in [3.05, 3.63) is 59.4 Å². The monoisotopic (exact) mass is 472 g/mol. The number of aromatic nitrogens is 3. The van der Waals surface area contributed by atoms with Crippen molar-refractivity contribution in [2.45, 2.75) is 32.5 Å². The Labute approximate surface area is 194 Å². The molecule has 1 unspecified atom stereocenters. The van der Waals surface area contributed by atoms with Crippen molar-refractivity contribution in [1.29, 1.82) is 0 Å². The number of nitrogens with zero attached hydrogens (tertiary/aromatic N) is 4. The van der Waals surface area contributed by atoms with Gasteiger partial charge in [0.25, 0.3) is 0 Å². The third-order valence-electron chi connectivity index (χ3n) is 5.73. The lowest BCUT2D eigenvalue weighted by Crippen LogP contribution is -2.38. The fourth-order valence-electron chi connectivity index (χ4n) is 4.15. The van der Waals surface area contributed by atoms with Gasteiger partial charge in [0.2, 0.25) is 4.77 Å². The average molecular weight is 473 g/mol. The van der Waals surface area contributed by atoms with Crippen molar-refractivity contribution < 1.29 is 13.2 Å². The van der Waals surface area contributed by atoms with Crippen molar-refractivity contribution in [2.75, 3.05) is 25.2 Å². The molecule has 170 valence electrons. The van der Waals surface area contributed by atoms with Crippen LogP contribution >= 0.6 is 12.2 Å². The number of methoxy groups -OCH3 is 1. The Morgan fingerprint density at radius 3 is 2.62 bits per heavy atom. The molecule has 2 aromatic carbocycles. The van der Waals surface area contributed by atoms with Crippen molar-refractivity contribution in [2.24, 2.45) is 0 Å². The van der Waals surface area contributed by atoms with Crippen LogP contribution in [-0.2, 0) is 16.5 Å². The van der Waals surface area contributed by atoms with Crippen LogP contribution in [0, 0.1) is 4.77 Å². The van der Waals surface area contributed by atoms with E-state index in [0.29, 0.717) is 17.9 Å². The fourth-order valence-corrected chi connectivity index (χ4v) is 6.20. The normalized spacial score (nSPS) is 17.7. The van der Waals surface area contributed by atoms with Gasteiger partial charge in [-0.05, 0) is 55.9 Å². The summed E-state index contributed by atoms with van der Waals surface area (Å²) in [5.41, 5.74) is 1.82. The van der Waals surface area contributed by atoms with Gasteiger partial charge < -0.3 is 4.74 Å². The SMILES string of the molecule is CCCN(Cn1nc(-c2cccc(OC)c2)n(-c2ccccc2)c1=S)C1CCS(=O)(=O)C1. The number of ether oxygens (including phenoxy) is 1. The van der Waals surface area contributed by atoms with E-state index in [1.807, 2.05) is 59.2 Å². The topological polar surface area (TPSA) is 69.4 Å². The molecule has 1 aromatic heterocycles. The first-order chi connectivity index (χ1) is 15.4. The lowest BCUT2D eigenvalue weighted by atomic mass is 10.2. The zero-order valence-electron chi connectivity index (χ0n) is 18.3. The van der Waals surface area contributed by atoms with Crippen LogP contribution in [0.2, 0.25) is 0 Å². The summed E-state index contributed by atoms with van der Waals surface area (Å²) < 4.78 is 33.9. The van der Waals surface area contributed by atoms with Gasteiger partial charge in [-0.1, -0.05) is 37.3 Å². The molecule has 0 spiro atoms. The van der Waals surface area contributed by atoms with Gasteiger partial charge in [0.1, 0.15) is 5.75 Å². The summed E-state index contributed by atoms with van der Waals surface area (Å²) in [5.74, 6) is 1.90. The summed E-state index contributed by atoms with van der Waals surface area (Å²) in [6, 6.07) is 17.6. The van der Waals surface area contributed by atoms with Crippen molar-refractivity contribution in [3.8, 4) is 22.8 Å². The minimum absolute atomic E-state index is 0.0102. The number of benzene rings is 2. The predicted octanol–water partition coefficient (Wildman–Crippen LogP) is 3.94. The van der Waals surface area contributed by atoms with Gasteiger partial charge >= 0.3 is 0 Å². The maximum atomic E-state index is 12.1. The number of hydrogen-bond acceptors (Lipinski definition) is 6. The Morgan fingerprint density at radius 2 is 1.97 bits per heavy atom. The average Bonchev–Trinajstić information content (AvgIpc) is 3.33. The molecule has 7 nitrogen and oxygen atoms in total. The van der Waals surface area contributed by atoms with E-state index in [0.717, 1.165) is 35.8 Å². The largest absolute Gasteiger partial charge is 0.497 e. The predicted molar refractivity (Wildman–Crippen MR) is 128 cm³/mol. The van der Waals surface area contributed by atoms with Crippen molar-refractivity contribution >= 4 is 22.1 Å². The lowest BCUT2D eigenvalue weighted by Gasteiger charge is -2.27. The van der Waals surface area contributed by atoms with Crippen LogP contribution in [0.15, 0.2) is 54.6 Å². The van der Waals surface area contributed by atoms with Gasteiger partial charge in [-0.15, -0.1) is 5.10 Å². The molecule has 32 heavy (non-hydrogen) atoms. The minimum atomic E-state index is -2.97. The lowest BCUT2D eigenvalue weighted by molar-refractivity contribution is 0.155. The summed E-state index contributed by atoms with van der Waals surface area (Å²) in [6.45, 7) is 3.33. The molecule has 1 saturated heterocycles. The first-order valence-electron chi connectivity index (χ1n) is 10.8. The van der Waals surface area contributed by atoms with E-state index in [-0.39, 0.29) is 17.5 Å². The third kappa shape index (κ3) is 4.79. The molecule has 1 aliphatic rings. The molecule has 0 radical (unpaired) electrons. The number of sulfone groups is 1. The molecule has 1 aliphatic heterocycles. The summed E-state index contributed by atoms with van der Waals surface area (Å²) in [5, 5.41) is 4.89. The fraction of sp³-hybridized carbons (Fsp3) is 0.391. The van der Waals surface area contributed by atoms with Crippen molar-refractivity contribution in [3.63, 3.8) is 0 Å². The van der Waals surface area contributed by atoms with Gasteiger partial charge in [-0.2, -0.15) is 0 Å². The highest BCUT2D eigenvalue weighted by molar-refractivity contribution is 7.91. The van der Waals surface area contributed by atoms with Crippen LogP contribution in [0.25, 0.3) is 17.1 Å². The maximum absolute atomic E-state index is 12.1. The third-order valence-corrected chi connectivity index (χ3v) is 7.88. The molecule has 9 heteroatoms. The summed E-state index contributed by atoms with van der Waals surface area (Å²) in [7, 11) is -1.34. The van der Waals surface area contributed by atoms with E-state index >= 15 is 0 Å². The van der Waals surface area contributed by atoms with Crippen LogP contribution < -0.4 is 4.74 Å². The molecule has 0 bridgehead atoms. The van der Waals surface area contributed by atoms with Gasteiger partial charge in [-0.25, -0.2) is 13.1 Å². The zero-order chi connectivity index (χ0) is 22.7. The molecule has 3 aromatic rings. The van der Waals surface area contributed by atoms with Crippen LogP contribution in [0.3, 0.4) is 0 Å². The second-order valence-corrected chi connectivity index (χ2v) is 10.6. The van der Waals surface area contributed by atoms with E-state index in [1.165, 1.54) is 0 Å². The molecule has 0 aliphatic carbocycles. The van der Waals surface area contributed by atoms with Crippen LogP contribution in [0.4, 0.5) is 0 Å². The summed E-state index contributed by atoms with van der Waals surface area (Å²) in [6.07, 6.45) is 1.57. The Bertz CT molecular complexity index is 1240. The second kappa shape index (κ2) is 9.56. The van der Waals surface area contributed by atoms with Crippen LogP contribution in [0.1, 0.15) is 19.8 Å². The number of para-hydroxylation sites is 1. The smallest absolute Gasteiger partial charge is 0.204 e. The quantitative estimate of drug-likeness (QED) is 0.463. The van der Waals surface area contributed by atoms with Crippen LogP contribution in [0.5, 0.6) is 5.75 Å². The minimum Gasteiger partial charge on any atom is -0.497 e. The van der Waals surface area contributed by atoms with Gasteiger partial charge in [-0.3, -0.25) is 9.47 Å². The Balaban J connectivity index is 1.77. The highest BCUT2D eigenvalue weighted by Crippen LogP contribution is 2.27. The van der Waals surface area contributed by atoms with E-state index in [4.69, 9.17) is 22.1 Å². The molecule has 0 N–H and O–H groups in total. The van der Waals surface area contributed by atoms with E-state index in [1.54, 1.807) is 11.8 Å². The first kappa shape index (κ1) is 22.7. The molecule has 0 amide bonds. The highest BCUT2D eigenvalue weighted by Gasteiger charge is 2.32. The summed E-state index contributed by atoms with van der Waals surface area (Å²) in [4.78, 5) is 2.19. The Morgan fingerprint density at radius 1 is 1.19 bits per heavy atom. The molecular formula is C23H28N4O3S2. The Hall–Kier alpha value is -2.49. The van der Waals surface area contributed by atoms with Gasteiger partial charge in [0.15, 0.2) is 15.7 Å². The number of hydrogen-bond donors (Lipinski definition) is 0. The van der Waals surface area contributed by atoms with Crippen molar-refractivity contribution in [1.82, 2.24) is 19.2 Å². The molecule has 1 fully saturated rings. The standard InChI is InChI=1S/C23H28N4O3S2/c1-3-13-25(20-12-14-32(28,29)16-20)17-26-23(31)27(19-9-5-4-6-10-19)22(24-26)18-8-7-11-21(15-18)30-2/h4-11,15,20H,3,12-14,16-17H2,1-2H3. The molecule has 2 heterocycles.